The van der Waals surface area contributed by atoms with Crippen molar-refractivity contribution in [3.8, 4) is 22.8 Å². The molecule has 1 aliphatic rings. The number of hydrogen-bond acceptors (Lipinski definition) is 5. The maximum atomic E-state index is 12.9. The molecule has 0 fully saturated rings. The molecule has 0 bridgehead atoms. The van der Waals surface area contributed by atoms with Crippen molar-refractivity contribution in [3.63, 3.8) is 0 Å². The molecule has 0 N–H and O–H groups in total. The zero-order chi connectivity index (χ0) is 19.5. The summed E-state index contributed by atoms with van der Waals surface area (Å²) in [6.45, 7) is 0.732. The van der Waals surface area contributed by atoms with Crippen LogP contribution in [0, 0.1) is 0 Å². The van der Waals surface area contributed by atoms with Crippen LogP contribution >= 0.6 is 0 Å². The minimum absolute atomic E-state index is 0.0271. The zero-order valence-corrected chi connectivity index (χ0v) is 16.0. The molecular weight excluding hydrogens is 356 g/mol. The molecular formula is C22H22N2O4. The molecule has 0 aliphatic carbocycles. The summed E-state index contributed by atoms with van der Waals surface area (Å²) in [4.78, 5) is 14.7. The quantitative estimate of drug-likeness (QED) is 0.674. The fourth-order valence-electron chi connectivity index (χ4n) is 3.56. The maximum absolute atomic E-state index is 12.9. The molecule has 1 aromatic heterocycles. The van der Waals surface area contributed by atoms with Crippen LogP contribution in [-0.2, 0) is 17.6 Å². The molecule has 144 valence electrons. The van der Waals surface area contributed by atoms with Gasteiger partial charge in [0.05, 0.1) is 26.3 Å². The number of carbonyl (C=O) groups excluding carboxylic acids is 1. The Morgan fingerprint density at radius 1 is 1.11 bits per heavy atom. The summed E-state index contributed by atoms with van der Waals surface area (Å²) >= 11 is 0. The number of rotatable bonds is 5. The van der Waals surface area contributed by atoms with Crippen LogP contribution in [0.3, 0.4) is 0 Å². The number of aryl methyl sites for hydroxylation is 1. The molecule has 1 amide bonds. The number of fused-ring (bicyclic) bond motifs is 1. The van der Waals surface area contributed by atoms with E-state index in [0.29, 0.717) is 23.0 Å². The van der Waals surface area contributed by atoms with Crippen molar-refractivity contribution >= 4 is 11.6 Å². The Morgan fingerprint density at radius 3 is 2.75 bits per heavy atom. The highest BCUT2D eigenvalue weighted by atomic mass is 16.5. The van der Waals surface area contributed by atoms with E-state index in [-0.39, 0.29) is 12.3 Å². The second kappa shape index (κ2) is 7.76. The fraction of sp³-hybridized carbons (Fsp3) is 0.273. The molecule has 0 atom stereocenters. The highest BCUT2D eigenvalue weighted by molar-refractivity contribution is 5.95. The van der Waals surface area contributed by atoms with E-state index in [9.17, 15) is 4.79 Å². The first-order valence-corrected chi connectivity index (χ1v) is 9.26. The Kier molecular flexibility index (Phi) is 5.02. The number of hydrogen-bond donors (Lipinski definition) is 0. The van der Waals surface area contributed by atoms with E-state index in [1.54, 1.807) is 20.3 Å². The minimum atomic E-state index is 0.0271. The molecule has 0 radical (unpaired) electrons. The van der Waals surface area contributed by atoms with Gasteiger partial charge in [0.2, 0.25) is 5.91 Å². The van der Waals surface area contributed by atoms with Gasteiger partial charge in [0.1, 0.15) is 0 Å². The first-order chi connectivity index (χ1) is 13.7. The van der Waals surface area contributed by atoms with Gasteiger partial charge in [0.15, 0.2) is 17.3 Å². The Balaban J connectivity index is 1.52. The molecule has 0 saturated carbocycles. The highest BCUT2D eigenvalue weighted by Crippen LogP contribution is 2.33. The van der Waals surface area contributed by atoms with E-state index in [4.69, 9.17) is 14.0 Å². The monoisotopic (exact) mass is 378 g/mol. The lowest BCUT2D eigenvalue weighted by molar-refractivity contribution is -0.118. The molecule has 6 heteroatoms. The smallest absolute Gasteiger partial charge is 0.233 e. The molecule has 4 rings (SSSR count). The van der Waals surface area contributed by atoms with Gasteiger partial charge < -0.3 is 18.9 Å². The lowest BCUT2D eigenvalue weighted by atomic mass is 10.0. The summed E-state index contributed by atoms with van der Waals surface area (Å²) in [5.41, 5.74) is 3.64. The van der Waals surface area contributed by atoms with Crippen LogP contribution in [0.2, 0.25) is 0 Å². The zero-order valence-electron chi connectivity index (χ0n) is 16.0. The van der Waals surface area contributed by atoms with E-state index in [0.717, 1.165) is 30.6 Å². The van der Waals surface area contributed by atoms with Gasteiger partial charge in [0, 0.05) is 23.9 Å². The van der Waals surface area contributed by atoms with Gasteiger partial charge in [-0.05, 0) is 42.7 Å². The largest absolute Gasteiger partial charge is 0.493 e. The van der Waals surface area contributed by atoms with E-state index in [1.807, 2.05) is 41.3 Å². The first-order valence-electron chi connectivity index (χ1n) is 9.26. The van der Waals surface area contributed by atoms with Gasteiger partial charge in [0.25, 0.3) is 0 Å². The van der Waals surface area contributed by atoms with Crippen molar-refractivity contribution in [2.24, 2.45) is 0 Å². The third-order valence-electron chi connectivity index (χ3n) is 4.97. The normalized spacial score (nSPS) is 13.1. The van der Waals surface area contributed by atoms with Crippen LogP contribution in [-0.4, -0.2) is 31.8 Å². The third-order valence-corrected chi connectivity index (χ3v) is 4.97. The Morgan fingerprint density at radius 2 is 1.93 bits per heavy atom. The summed E-state index contributed by atoms with van der Waals surface area (Å²) < 4.78 is 16.1. The number of amides is 1. The average molecular weight is 378 g/mol. The molecule has 28 heavy (non-hydrogen) atoms. The van der Waals surface area contributed by atoms with Crippen molar-refractivity contribution < 1.29 is 18.8 Å². The van der Waals surface area contributed by atoms with Crippen molar-refractivity contribution in [3.05, 3.63) is 59.8 Å². The van der Waals surface area contributed by atoms with Gasteiger partial charge in [-0.1, -0.05) is 23.4 Å². The third kappa shape index (κ3) is 3.45. The maximum Gasteiger partial charge on any atom is 0.233 e. The van der Waals surface area contributed by atoms with E-state index >= 15 is 0 Å². The number of nitrogens with zero attached hydrogens (tertiary/aromatic N) is 2. The number of anilines is 1. The SMILES string of the molecule is COc1ccc(-c2cc(CC(=O)N3CCCc4ccccc43)no2)cc1OC. The molecule has 2 aromatic carbocycles. The highest BCUT2D eigenvalue weighted by Gasteiger charge is 2.23. The van der Waals surface area contributed by atoms with Crippen LogP contribution in [0.5, 0.6) is 11.5 Å². The van der Waals surface area contributed by atoms with E-state index < -0.39 is 0 Å². The summed E-state index contributed by atoms with van der Waals surface area (Å²) in [5.74, 6) is 1.87. The van der Waals surface area contributed by atoms with Crippen LogP contribution in [0.1, 0.15) is 17.7 Å². The predicted molar refractivity (Wildman–Crippen MR) is 106 cm³/mol. The number of carbonyl (C=O) groups is 1. The lowest BCUT2D eigenvalue weighted by Crippen LogP contribution is -2.36. The Hall–Kier alpha value is -3.28. The Labute approximate surface area is 163 Å². The molecule has 0 saturated heterocycles. The van der Waals surface area contributed by atoms with Gasteiger partial charge in [-0.25, -0.2) is 0 Å². The van der Waals surface area contributed by atoms with Gasteiger partial charge >= 0.3 is 0 Å². The molecule has 0 spiro atoms. The predicted octanol–water partition coefficient (Wildman–Crippen LogP) is 3.88. The first kappa shape index (κ1) is 18.1. The number of aromatic nitrogens is 1. The van der Waals surface area contributed by atoms with Crippen LogP contribution in [0.25, 0.3) is 11.3 Å². The molecule has 1 aliphatic heterocycles. The summed E-state index contributed by atoms with van der Waals surface area (Å²) in [6.07, 6.45) is 2.18. The molecule has 6 nitrogen and oxygen atoms in total. The Bertz CT molecular complexity index is 996. The van der Waals surface area contributed by atoms with Gasteiger partial charge in [-0.2, -0.15) is 0 Å². The summed E-state index contributed by atoms with van der Waals surface area (Å²) in [7, 11) is 3.18. The number of methoxy groups -OCH3 is 2. The number of para-hydroxylation sites is 1. The number of benzene rings is 2. The number of ether oxygens (including phenoxy) is 2. The summed E-state index contributed by atoms with van der Waals surface area (Å²) in [5, 5.41) is 4.09. The molecule has 2 heterocycles. The van der Waals surface area contributed by atoms with Crippen molar-refractivity contribution in [2.45, 2.75) is 19.3 Å². The lowest BCUT2D eigenvalue weighted by Gasteiger charge is -2.29. The van der Waals surface area contributed by atoms with Crippen molar-refractivity contribution in [1.29, 1.82) is 0 Å². The van der Waals surface area contributed by atoms with Gasteiger partial charge in [-0.15, -0.1) is 0 Å². The minimum Gasteiger partial charge on any atom is -0.493 e. The standard InChI is InChI=1S/C22H22N2O4/c1-26-19-10-9-16(12-21(19)27-2)20-13-17(23-28-20)14-22(25)24-11-5-7-15-6-3-4-8-18(15)24/h3-4,6,8-10,12-13H,5,7,11,14H2,1-2H3. The summed E-state index contributed by atoms with van der Waals surface area (Å²) in [6, 6.07) is 15.4. The van der Waals surface area contributed by atoms with E-state index in [2.05, 4.69) is 11.2 Å². The van der Waals surface area contributed by atoms with Crippen molar-refractivity contribution in [1.82, 2.24) is 5.16 Å². The van der Waals surface area contributed by atoms with Crippen LogP contribution < -0.4 is 14.4 Å². The second-order valence-corrected chi connectivity index (χ2v) is 6.71. The fourth-order valence-corrected chi connectivity index (χ4v) is 3.56. The second-order valence-electron chi connectivity index (χ2n) is 6.71. The van der Waals surface area contributed by atoms with Gasteiger partial charge in [-0.3, -0.25) is 4.79 Å². The molecule has 3 aromatic rings. The topological polar surface area (TPSA) is 64.8 Å². The van der Waals surface area contributed by atoms with Crippen molar-refractivity contribution in [2.75, 3.05) is 25.7 Å². The van der Waals surface area contributed by atoms with E-state index in [1.165, 1.54) is 5.56 Å². The van der Waals surface area contributed by atoms with Crippen LogP contribution in [0.4, 0.5) is 5.69 Å². The average Bonchev–Trinajstić information content (AvgIpc) is 3.21. The van der Waals surface area contributed by atoms with Crippen LogP contribution in [0.15, 0.2) is 53.1 Å². The molecule has 0 unspecified atom stereocenters.